The second kappa shape index (κ2) is 9.25. The number of hydrogen-bond donors (Lipinski definition) is 0. The number of benzene rings is 1. The van der Waals surface area contributed by atoms with Crippen molar-refractivity contribution in [3.8, 4) is 5.69 Å². The van der Waals surface area contributed by atoms with Crippen LogP contribution in [-0.4, -0.2) is 56.2 Å². The first-order chi connectivity index (χ1) is 15.2. The van der Waals surface area contributed by atoms with E-state index >= 15 is 0 Å². The molecule has 5 rings (SSSR count). The molecule has 0 atom stereocenters. The fourth-order valence-electron chi connectivity index (χ4n) is 5.00. The predicted molar refractivity (Wildman–Crippen MR) is 124 cm³/mol. The standard InChI is InChI=1S/C24H33N5OS/c30-23(27-14-6-1-2-7-15-27)20-12-16-26(17-13-20)18-28-24(31)29(21-8-4-3-5-9-21)22(25-28)19-10-11-19/h3-5,8-9,19-20H,1-2,6-7,10-18H2. The first kappa shape index (κ1) is 20.9. The summed E-state index contributed by atoms with van der Waals surface area (Å²) in [7, 11) is 0. The molecule has 0 spiro atoms. The van der Waals surface area contributed by atoms with Gasteiger partial charge in [0.15, 0.2) is 0 Å². The monoisotopic (exact) mass is 439 g/mol. The molecule has 7 heteroatoms. The minimum absolute atomic E-state index is 0.186. The van der Waals surface area contributed by atoms with Gasteiger partial charge in [0.1, 0.15) is 5.82 Å². The van der Waals surface area contributed by atoms with E-state index in [1.54, 1.807) is 0 Å². The van der Waals surface area contributed by atoms with Crippen LogP contribution in [0.25, 0.3) is 5.69 Å². The van der Waals surface area contributed by atoms with Crippen LogP contribution in [0.5, 0.6) is 0 Å². The number of aromatic nitrogens is 3. The molecule has 1 aromatic carbocycles. The summed E-state index contributed by atoms with van der Waals surface area (Å²) in [6, 6.07) is 10.3. The van der Waals surface area contributed by atoms with Crippen LogP contribution in [0.4, 0.5) is 0 Å². The first-order valence-corrected chi connectivity index (χ1v) is 12.4. The van der Waals surface area contributed by atoms with E-state index in [-0.39, 0.29) is 5.92 Å². The van der Waals surface area contributed by atoms with Crippen molar-refractivity contribution in [2.75, 3.05) is 26.2 Å². The molecule has 2 aromatic rings. The van der Waals surface area contributed by atoms with Gasteiger partial charge >= 0.3 is 0 Å². The van der Waals surface area contributed by atoms with Crippen LogP contribution in [0.3, 0.4) is 0 Å². The summed E-state index contributed by atoms with van der Waals surface area (Å²) in [4.78, 5) is 17.5. The molecule has 0 bridgehead atoms. The number of nitrogens with zero attached hydrogens (tertiary/aromatic N) is 5. The molecule has 1 aliphatic carbocycles. The Kier molecular flexibility index (Phi) is 6.23. The minimum Gasteiger partial charge on any atom is -0.342 e. The van der Waals surface area contributed by atoms with Crippen molar-refractivity contribution >= 4 is 18.1 Å². The van der Waals surface area contributed by atoms with Crippen LogP contribution >= 0.6 is 12.2 Å². The summed E-state index contributed by atoms with van der Waals surface area (Å²) < 4.78 is 4.92. The quantitative estimate of drug-likeness (QED) is 0.650. The molecule has 2 saturated heterocycles. The van der Waals surface area contributed by atoms with Gasteiger partial charge < -0.3 is 4.90 Å². The predicted octanol–water partition coefficient (Wildman–Crippen LogP) is 4.35. The van der Waals surface area contributed by atoms with Gasteiger partial charge in [-0.1, -0.05) is 31.0 Å². The molecule has 3 fully saturated rings. The van der Waals surface area contributed by atoms with Crippen molar-refractivity contribution in [3.63, 3.8) is 0 Å². The maximum atomic E-state index is 13.0. The Morgan fingerprint density at radius 1 is 0.935 bits per heavy atom. The largest absolute Gasteiger partial charge is 0.342 e. The number of hydrogen-bond acceptors (Lipinski definition) is 4. The topological polar surface area (TPSA) is 46.3 Å². The summed E-state index contributed by atoms with van der Waals surface area (Å²) >= 11 is 5.85. The Hall–Kier alpha value is -1.99. The number of amides is 1. The number of carbonyl (C=O) groups excluding carboxylic acids is 1. The number of piperidine rings is 1. The zero-order valence-electron chi connectivity index (χ0n) is 18.3. The van der Waals surface area contributed by atoms with Gasteiger partial charge in [0.2, 0.25) is 10.7 Å². The van der Waals surface area contributed by atoms with Crippen LogP contribution in [-0.2, 0) is 11.5 Å². The lowest BCUT2D eigenvalue weighted by Gasteiger charge is -2.33. The molecule has 0 N–H and O–H groups in total. The third-order valence-corrected chi connectivity index (χ3v) is 7.40. The van der Waals surface area contributed by atoms with Crippen molar-refractivity contribution in [2.45, 2.75) is 64.0 Å². The molecule has 166 valence electrons. The van der Waals surface area contributed by atoms with Crippen LogP contribution in [0.2, 0.25) is 0 Å². The Morgan fingerprint density at radius 3 is 2.26 bits per heavy atom. The average molecular weight is 440 g/mol. The van der Waals surface area contributed by atoms with E-state index in [4.69, 9.17) is 17.3 Å². The molecule has 1 saturated carbocycles. The van der Waals surface area contributed by atoms with Crippen molar-refractivity contribution < 1.29 is 4.79 Å². The van der Waals surface area contributed by atoms with Gasteiger partial charge in [-0.05, 0) is 62.9 Å². The second-order valence-electron chi connectivity index (χ2n) is 9.36. The third-order valence-electron chi connectivity index (χ3n) is 7.01. The van der Waals surface area contributed by atoms with Crippen molar-refractivity contribution in [1.29, 1.82) is 0 Å². The van der Waals surface area contributed by atoms with E-state index in [2.05, 4.69) is 38.6 Å². The number of rotatable bonds is 5. The third kappa shape index (κ3) is 4.62. The van der Waals surface area contributed by atoms with Gasteiger partial charge in [0, 0.05) is 43.7 Å². The zero-order chi connectivity index (χ0) is 21.2. The number of para-hydroxylation sites is 1. The minimum atomic E-state index is 0.186. The number of carbonyl (C=O) groups is 1. The Bertz CT molecular complexity index is 948. The maximum absolute atomic E-state index is 13.0. The zero-order valence-corrected chi connectivity index (χ0v) is 19.1. The van der Waals surface area contributed by atoms with Gasteiger partial charge in [0.25, 0.3) is 0 Å². The van der Waals surface area contributed by atoms with Crippen LogP contribution < -0.4 is 0 Å². The molecular formula is C24H33N5OS. The lowest BCUT2D eigenvalue weighted by molar-refractivity contribution is -0.137. The number of likely N-dealkylation sites (tertiary alicyclic amines) is 2. The van der Waals surface area contributed by atoms with Crippen LogP contribution in [0, 0.1) is 10.7 Å². The van der Waals surface area contributed by atoms with Crippen molar-refractivity contribution in [3.05, 3.63) is 40.9 Å². The smallest absolute Gasteiger partial charge is 0.225 e. The van der Waals surface area contributed by atoms with Crippen molar-refractivity contribution in [2.24, 2.45) is 5.92 Å². The highest BCUT2D eigenvalue weighted by Crippen LogP contribution is 2.40. The Labute approximate surface area is 189 Å². The normalized spacial score (nSPS) is 21.2. The lowest BCUT2D eigenvalue weighted by Crippen LogP contribution is -2.43. The highest BCUT2D eigenvalue weighted by molar-refractivity contribution is 7.71. The Balaban J connectivity index is 1.25. The van der Waals surface area contributed by atoms with E-state index in [1.165, 1.54) is 25.7 Å². The molecule has 6 nitrogen and oxygen atoms in total. The molecular weight excluding hydrogens is 406 g/mol. The van der Waals surface area contributed by atoms with Gasteiger partial charge in [-0.2, -0.15) is 5.10 Å². The average Bonchev–Trinajstić information content (AvgIpc) is 3.63. The SMILES string of the molecule is O=C(C1CCN(Cn2nc(C3CC3)n(-c3ccccc3)c2=S)CC1)N1CCCCCC1. The van der Waals surface area contributed by atoms with E-state index < -0.39 is 0 Å². The van der Waals surface area contributed by atoms with E-state index in [0.29, 0.717) is 18.5 Å². The first-order valence-electron chi connectivity index (χ1n) is 12.0. The molecule has 0 radical (unpaired) electrons. The van der Waals surface area contributed by atoms with Gasteiger partial charge in [-0.15, -0.1) is 0 Å². The van der Waals surface area contributed by atoms with Crippen LogP contribution in [0.1, 0.15) is 63.1 Å². The van der Waals surface area contributed by atoms with E-state index in [0.717, 1.165) is 68.1 Å². The fourth-order valence-corrected chi connectivity index (χ4v) is 5.30. The van der Waals surface area contributed by atoms with E-state index in [1.807, 2.05) is 10.7 Å². The van der Waals surface area contributed by atoms with E-state index in [9.17, 15) is 4.79 Å². The highest BCUT2D eigenvalue weighted by atomic mass is 32.1. The maximum Gasteiger partial charge on any atom is 0.225 e. The lowest BCUT2D eigenvalue weighted by atomic mass is 9.95. The van der Waals surface area contributed by atoms with Crippen LogP contribution in [0.15, 0.2) is 30.3 Å². The molecule has 1 amide bonds. The highest BCUT2D eigenvalue weighted by Gasteiger charge is 2.32. The molecule has 3 heterocycles. The summed E-state index contributed by atoms with van der Waals surface area (Å²) in [6.45, 7) is 4.49. The molecule has 0 unspecified atom stereocenters. The van der Waals surface area contributed by atoms with Crippen molar-refractivity contribution in [1.82, 2.24) is 24.1 Å². The summed E-state index contributed by atoms with van der Waals surface area (Å²) in [5, 5.41) is 4.94. The summed E-state index contributed by atoms with van der Waals surface area (Å²) in [6.07, 6.45) is 9.13. The molecule has 2 aliphatic heterocycles. The van der Waals surface area contributed by atoms with Gasteiger partial charge in [-0.3, -0.25) is 14.3 Å². The molecule has 3 aliphatic rings. The van der Waals surface area contributed by atoms with Gasteiger partial charge in [0.05, 0.1) is 6.67 Å². The fraction of sp³-hybridized carbons (Fsp3) is 0.625. The molecule has 1 aromatic heterocycles. The second-order valence-corrected chi connectivity index (χ2v) is 9.72. The molecule has 31 heavy (non-hydrogen) atoms. The summed E-state index contributed by atoms with van der Waals surface area (Å²) in [5.41, 5.74) is 1.10. The van der Waals surface area contributed by atoms with Gasteiger partial charge in [-0.25, -0.2) is 4.68 Å². The Morgan fingerprint density at radius 2 is 1.61 bits per heavy atom. The summed E-state index contributed by atoms with van der Waals surface area (Å²) in [5.74, 6) is 2.20.